The van der Waals surface area contributed by atoms with E-state index in [4.69, 9.17) is 5.11 Å². The molecular weight excluding hydrogens is 462 g/mol. The fourth-order valence-electron chi connectivity index (χ4n) is 6.84. The topological polar surface area (TPSA) is 72.9 Å². The van der Waals surface area contributed by atoms with Gasteiger partial charge in [0.1, 0.15) is 6.29 Å². The number of hydrogen-bond donors (Lipinski definition) is 2. The van der Waals surface area contributed by atoms with Crippen LogP contribution in [0.4, 0.5) is 5.69 Å². The van der Waals surface area contributed by atoms with E-state index in [1.165, 1.54) is 11.1 Å². The Morgan fingerprint density at radius 3 is 2.38 bits per heavy atom. The molecule has 198 valence electrons. The van der Waals surface area contributed by atoms with Crippen LogP contribution in [0.3, 0.4) is 0 Å². The highest BCUT2D eigenvalue weighted by Gasteiger charge is 2.49. The molecule has 2 heterocycles. The van der Waals surface area contributed by atoms with Crippen LogP contribution in [-0.4, -0.2) is 68.6 Å². The zero-order valence-corrected chi connectivity index (χ0v) is 22.7. The SMILES string of the molecule is CC1(C)C2=CCN(C(=O)c3ccccc3N3CCNCC3)C[C@@]2(C)CCC1c1ccc(C=O)cc1.CO. The third kappa shape index (κ3) is 5.23. The first kappa shape index (κ1) is 27.1. The fourth-order valence-corrected chi connectivity index (χ4v) is 6.84. The molecule has 2 atom stereocenters. The molecule has 6 heteroatoms. The van der Waals surface area contributed by atoms with E-state index in [-0.39, 0.29) is 16.7 Å². The Hall–Kier alpha value is -2.96. The van der Waals surface area contributed by atoms with Gasteiger partial charge in [0, 0.05) is 63.0 Å². The number of piperazine rings is 1. The summed E-state index contributed by atoms with van der Waals surface area (Å²) in [4.78, 5) is 29.3. The summed E-state index contributed by atoms with van der Waals surface area (Å²) in [5.41, 5.74) is 5.33. The number of rotatable bonds is 4. The molecule has 6 nitrogen and oxygen atoms in total. The van der Waals surface area contributed by atoms with Gasteiger partial charge in [0.25, 0.3) is 5.91 Å². The van der Waals surface area contributed by atoms with Gasteiger partial charge in [0.05, 0.1) is 5.56 Å². The maximum Gasteiger partial charge on any atom is 0.256 e. The lowest BCUT2D eigenvalue weighted by Crippen LogP contribution is -2.51. The predicted molar refractivity (Wildman–Crippen MR) is 149 cm³/mol. The van der Waals surface area contributed by atoms with E-state index in [9.17, 15) is 9.59 Å². The molecule has 1 aliphatic carbocycles. The largest absolute Gasteiger partial charge is 0.400 e. The van der Waals surface area contributed by atoms with Gasteiger partial charge in [-0.05, 0) is 41.9 Å². The van der Waals surface area contributed by atoms with Crippen molar-refractivity contribution in [1.29, 1.82) is 0 Å². The maximum absolute atomic E-state index is 13.8. The van der Waals surface area contributed by atoms with Gasteiger partial charge in [-0.3, -0.25) is 9.59 Å². The van der Waals surface area contributed by atoms with Crippen LogP contribution in [-0.2, 0) is 0 Å². The van der Waals surface area contributed by atoms with Crippen molar-refractivity contribution in [2.24, 2.45) is 10.8 Å². The lowest BCUT2D eigenvalue weighted by molar-refractivity contribution is 0.0597. The second-order valence-corrected chi connectivity index (χ2v) is 11.2. The third-order valence-corrected chi connectivity index (χ3v) is 8.61. The number of para-hydroxylation sites is 1. The highest BCUT2D eigenvalue weighted by atomic mass is 16.2. The number of nitrogens with one attached hydrogen (secondary N) is 1. The molecule has 0 spiro atoms. The molecule has 2 aromatic carbocycles. The van der Waals surface area contributed by atoms with Gasteiger partial charge < -0.3 is 20.2 Å². The second kappa shape index (κ2) is 11.2. The van der Waals surface area contributed by atoms with Crippen LogP contribution in [0.2, 0.25) is 0 Å². The number of carbonyl (C=O) groups excluding carboxylic acids is 2. The second-order valence-electron chi connectivity index (χ2n) is 11.2. The lowest BCUT2D eigenvalue weighted by Gasteiger charge is -2.54. The van der Waals surface area contributed by atoms with Gasteiger partial charge in [-0.25, -0.2) is 0 Å². The summed E-state index contributed by atoms with van der Waals surface area (Å²) < 4.78 is 0. The van der Waals surface area contributed by atoms with Crippen LogP contribution in [0, 0.1) is 10.8 Å². The van der Waals surface area contributed by atoms with Crippen molar-refractivity contribution in [2.45, 2.75) is 39.5 Å². The smallest absolute Gasteiger partial charge is 0.256 e. The molecule has 1 unspecified atom stereocenters. The van der Waals surface area contributed by atoms with Crippen LogP contribution in [0.5, 0.6) is 0 Å². The highest BCUT2D eigenvalue weighted by molar-refractivity contribution is 6.00. The van der Waals surface area contributed by atoms with E-state index in [1.54, 1.807) is 0 Å². The van der Waals surface area contributed by atoms with Gasteiger partial charge in [0.15, 0.2) is 0 Å². The average molecular weight is 504 g/mol. The number of anilines is 1. The third-order valence-electron chi connectivity index (χ3n) is 8.61. The Morgan fingerprint density at radius 1 is 1.03 bits per heavy atom. The van der Waals surface area contributed by atoms with Gasteiger partial charge in [-0.15, -0.1) is 0 Å². The number of benzene rings is 2. The molecule has 3 aliphatic rings. The molecule has 5 rings (SSSR count). The van der Waals surface area contributed by atoms with E-state index in [0.29, 0.717) is 12.5 Å². The maximum atomic E-state index is 13.8. The molecular formula is C31H41N3O3. The Morgan fingerprint density at radius 2 is 1.70 bits per heavy atom. The van der Waals surface area contributed by atoms with Crippen molar-refractivity contribution in [1.82, 2.24) is 10.2 Å². The Labute approximate surface area is 221 Å². The van der Waals surface area contributed by atoms with E-state index < -0.39 is 0 Å². The number of hydrogen-bond acceptors (Lipinski definition) is 5. The highest BCUT2D eigenvalue weighted by Crippen LogP contribution is 2.58. The summed E-state index contributed by atoms with van der Waals surface area (Å²) in [6.07, 6.45) is 5.36. The van der Waals surface area contributed by atoms with Crippen molar-refractivity contribution < 1.29 is 14.7 Å². The number of nitrogens with zero attached hydrogens (tertiary/aromatic N) is 2. The summed E-state index contributed by atoms with van der Waals surface area (Å²) in [7, 11) is 1.00. The van der Waals surface area contributed by atoms with E-state index >= 15 is 0 Å². The standard InChI is InChI=1S/C30H37N3O2.CH4O/c1-29(2)25(23-10-8-22(20-34)9-11-23)12-14-30(3)21-33(17-13-27(29)30)28(35)24-6-4-5-7-26(24)32-18-15-31-16-19-32;1-2/h4-11,13,20,25,31H,12,14-19,21H2,1-3H3;2H,1H3/t25?,30-;/m1./s1. The van der Waals surface area contributed by atoms with Crippen molar-refractivity contribution in [3.8, 4) is 0 Å². The summed E-state index contributed by atoms with van der Waals surface area (Å²) in [6.45, 7) is 12.2. The predicted octanol–water partition coefficient (Wildman–Crippen LogP) is 4.51. The summed E-state index contributed by atoms with van der Waals surface area (Å²) >= 11 is 0. The minimum absolute atomic E-state index is 0.0104. The first-order valence-corrected chi connectivity index (χ1v) is 13.4. The molecule has 0 radical (unpaired) electrons. The van der Waals surface area contributed by atoms with Crippen LogP contribution in [0.15, 0.2) is 60.2 Å². The quantitative estimate of drug-likeness (QED) is 0.475. The lowest BCUT2D eigenvalue weighted by atomic mass is 9.53. The van der Waals surface area contributed by atoms with Crippen molar-refractivity contribution in [3.63, 3.8) is 0 Å². The molecule has 2 aliphatic heterocycles. The first-order valence-electron chi connectivity index (χ1n) is 13.4. The Bertz CT molecular complexity index is 1130. The van der Waals surface area contributed by atoms with Crippen LogP contribution in [0.1, 0.15) is 65.8 Å². The van der Waals surface area contributed by atoms with Gasteiger partial charge in [-0.1, -0.05) is 68.8 Å². The minimum Gasteiger partial charge on any atom is -0.400 e. The molecule has 2 fully saturated rings. The molecule has 1 saturated heterocycles. The van der Waals surface area contributed by atoms with Crippen molar-refractivity contribution >= 4 is 17.9 Å². The Kier molecular flexibility index (Phi) is 8.20. The minimum atomic E-state index is -0.0271. The molecule has 1 amide bonds. The average Bonchev–Trinajstić information content (AvgIpc) is 2.94. The monoisotopic (exact) mass is 503 g/mol. The van der Waals surface area contributed by atoms with E-state index in [0.717, 1.165) is 75.8 Å². The number of carbonyl (C=O) groups is 2. The van der Waals surface area contributed by atoms with Crippen molar-refractivity contribution in [3.05, 3.63) is 76.9 Å². The zero-order valence-electron chi connectivity index (χ0n) is 22.7. The number of aldehydes is 1. The van der Waals surface area contributed by atoms with Crippen LogP contribution in [0.25, 0.3) is 0 Å². The van der Waals surface area contributed by atoms with Gasteiger partial charge >= 0.3 is 0 Å². The molecule has 2 aromatic rings. The van der Waals surface area contributed by atoms with Gasteiger partial charge in [0.2, 0.25) is 0 Å². The van der Waals surface area contributed by atoms with Crippen LogP contribution < -0.4 is 10.2 Å². The number of amides is 1. The van der Waals surface area contributed by atoms with E-state index in [2.05, 4.69) is 60.2 Å². The Balaban J connectivity index is 0.00000156. The van der Waals surface area contributed by atoms with Crippen LogP contribution >= 0.6 is 0 Å². The first-order chi connectivity index (χ1) is 17.8. The normalized spacial score (nSPS) is 24.8. The fraction of sp³-hybridized carbons (Fsp3) is 0.484. The molecule has 37 heavy (non-hydrogen) atoms. The summed E-state index contributed by atoms with van der Waals surface area (Å²) in [6, 6.07) is 16.2. The number of aliphatic hydroxyl groups is 1. The summed E-state index contributed by atoms with van der Waals surface area (Å²) in [5, 5.41) is 10.4. The van der Waals surface area contributed by atoms with Gasteiger partial charge in [-0.2, -0.15) is 0 Å². The summed E-state index contributed by atoms with van der Waals surface area (Å²) in [5.74, 6) is 0.540. The number of aliphatic hydroxyl groups excluding tert-OH is 1. The number of fused-ring (bicyclic) bond motifs is 1. The van der Waals surface area contributed by atoms with E-state index in [1.807, 2.05) is 30.3 Å². The molecule has 0 bridgehead atoms. The molecule has 1 saturated carbocycles. The molecule has 0 aromatic heterocycles. The zero-order chi connectivity index (χ0) is 26.6. The van der Waals surface area contributed by atoms with Crippen molar-refractivity contribution in [2.75, 3.05) is 51.3 Å². The molecule has 2 N–H and O–H groups in total.